The number of rotatable bonds is 1. The second kappa shape index (κ2) is 3.06. The Morgan fingerprint density at radius 2 is 2.27 bits per heavy atom. The lowest BCUT2D eigenvalue weighted by Crippen LogP contribution is -2.00. The minimum Gasteiger partial charge on any atom is -0.384 e. The number of aromatic nitrogens is 3. The summed E-state index contributed by atoms with van der Waals surface area (Å²) >= 11 is 1.65. The molecule has 74 valence electrons. The van der Waals surface area contributed by atoms with Gasteiger partial charge in [0, 0.05) is 12.1 Å². The van der Waals surface area contributed by atoms with Gasteiger partial charge < -0.3 is 5.73 Å². The summed E-state index contributed by atoms with van der Waals surface area (Å²) in [4.78, 5) is 5.59. The Kier molecular flexibility index (Phi) is 1.72. The van der Waals surface area contributed by atoms with Crippen molar-refractivity contribution in [2.24, 2.45) is 0 Å². The highest BCUT2D eigenvalue weighted by Crippen LogP contribution is 2.24. The van der Waals surface area contributed by atoms with Gasteiger partial charge in [-0.25, -0.2) is 4.98 Å². The summed E-state index contributed by atoms with van der Waals surface area (Å²) in [5, 5.41) is 6.09. The Hall–Kier alpha value is -1.88. The van der Waals surface area contributed by atoms with E-state index in [1.165, 1.54) is 0 Å². The fourth-order valence-electron chi connectivity index (χ4n) is 1.49. The molecule has 0 aromatic carbocycles. The van der Waals surface area contributed by atoms with Gasteiger partial charge in [0.15, 0.2) is 5.65 Å². The lowest BCUT2D eigenvalue weighted by atomic mass is 10.3. The van der Waals surface area contributed by atoms with Crippen molar-refractivity contribution in [1.29, 1.82) is 0 Å². The number of nitrogens with two attached hydrogens (primary N) is 1. The zero-order chi connectivity index (χ0) is 10.3. The van der Waals surface area contributed by atoms with Crippen LogP contribution < -0.4 is 5.73 Å². The van der Waals surface area contributed by atoms with Crippen LogP contribution in [0.3, 0.4) is 0 Å². The average molecular weight is 216 g/mol. The summed E-state index contributed by atoms with van der Waals surface area (Å²) in [5.41, 5.74) is 7.55. The Labute approximate surface area is 90.0 Å². The van der Waals surface area contributed by atoms with Gasteiger partial charge in [-0.2, -0.15) is 9.61 Å². The van der Waals surface area contributed by atoms with Crippen molar-refractivity contribution < 1.29 is 0 Å². The van der Waals surface area contributed by atoms with E-state index in [0.717, 1.165) is 16.2 Å². The molecule has 4 nitrogen and oxygen atoms in total. The molecule has 0 atom stereocenters. The Morgan fingerprint density at radius 3 is 3.07 bits per heavy atom. The fourth-order valence-corrected chi connectivity index (χ4v) is 2.17. The first-order chi connectivity index (χ1) is 7.34. The van der Waals surface area contributed by atoms with Gasteiger partial charge in [0.2, 0.25) is 0 Å². The molecule has 0 unspecified atom stereocenters. The maximum Gasteiger partial charge on any atom is 0.158 e. The van der Waals surface area contributed by atoms with Gasteiger partial charge in [0.25, 0.3) is 0 Å². The molecule has 3 aromatic heterocycles. The van der Waals surface area contributed by atoms with Crippen LogP contribution in [-0.2, 0) is 0 Å². The van der Waals surface area contributed by atoms with Crippen LogP contribution >= 0.6 is 11.3 Å². The molecule has 0 spiro atoms. The van der Waals surface area contributed by atoms with E-state index in [1.807, 2.05) is 29.6 Å². The van der Waals surface area contributed by atoms with E-state index >= 15 is 0 Å². The third-order valence-electron chi connectivity index (χ3n) is 2.16. The molecule has 3 rings (SSSR count). The molecule has 3 heterocycles. The fraction of sp³-hybridized carbons (Fsp3) is 0. The SMILES string of the molecule is Nc1cc(-c2cccs2)nc2ccnn12. The molecule has 5 heteroatoms. The van der Waals surface area contributed by atoms with Crippen molar-refractivity contribution in [1.82, 2.24) is 14.6 Å². The molecule has 0 amide bonds. The lowest BCUT2D eigenvalue weighted by molar-refractivity contribution is 0.954. The van der Waals surface area contributed by atoms with E-state index in [2.05, 4.69) is 10.1 Å². The molecule has 0 aliphatic rings. The van der Waals surface area contributed by atoms with E-state index in [9.17, 15) is 0 Å². The number of nitrogen functional groups attached to an aromatic ring is 1. The smallest absolute Gasteiger partial charge is 0.158 e. The average Bonchev–Trinajstić information content (AvgIpc) is 2.88. The highest BCUT2D eigenvalue weighted by molar-refractivity contribution is 7.13. The summed E-state index contributed by atoms with van der Waals surface area (Å²) < 4.78 is 1.62. The summed E-state index contributed by atoms with van der Waals surface area (Å²) in [7, 11) is 0. The predicted molar refractivity (Wildman–Crippen MR) is 60.7 cm³/mol. The first-order valence-electron chi connectivity index (χ1n) is 4.49. The van der Waals surface area contributed by atoms with Gasteiger partial charge in [-0.3, -0.25) is 0 Å². The van der Waals surface area contributed by atoms with Crippen molar-refractivity contribution >= 4 is 22.8 Å². The molecule has 0 bridgehead atoms. The normalized spacial score (nSPS) is 10.9. The molecule has 0 aliphatic carbocycles. The highest BCUT2D eigenvalue weighted by atomic mass is 32.1. The largest absolute Gasteiger partial charge is 0.384 e. The maximum atomic E-state index is 5.87. The van der Waals surface area contributed by atoms with Gasteiger partial charge in [-0.1, -0.05) is 6.07 Å². The predicted octanol–water partition coefficient (Wildman–Crippen LogP) is 2.04. The van der Waals surface area contributed by atoms with Crippen LogP contribution in [0.5, 0.6) is 0 Å². The number of hydrogen-bond acceptors (Lipinski definition) is 4. The van der Waals surface area contributed by atoms with E-state index in [4.69, 9.17) is 5.73 Å². The minimum atomic E-state index is 0.605. The number of nitrogens with zero attached hydrogens (tertiary/aromatic N) is 3. The van der Waals surface area contributed by atoms with Gasteiger partial charge in [0.05, 0.1) is 16.8 Å². The molecule has 2 N–H and O–H groups in total. The van der Waals surface area contributed by atoms with Crippen LogP contribution in [0.25, 0.3) is 16.2 Å². The molecule has 0 saturated heterocycles. The van der Waals surface area contributed by atoms with Gasteiger partial charge in [0.1, 0.15) is 5.82 Å². The third-order valence-corrected chi connectivity index (χ3v) is 3.05. The molecule has 0 radical (unpaired) electrons. The minimum absolute atomic E-state index is 0.605. The van der Waals surface area contributed by atoms with Crippen LogP contribution in [0.15, 0.2) is 35.8 Å². The Bertz CT molecular complexity index is 597. The molecule has 0 aliphatic heterocycles. The van der Waals surface area contributed by atoms with Gasteiger partial charge in [-0.05, 0) is 11.4 Å². The quantitative estimate of drug-likeness (QED) is 0.677. The van der Waals surface area contributed by atoms with Crippen LogP contribution in [0, 0.1) is 0 Å². The lowest BCUT2D eigenvalue weighted by Gasteiger charge is -2.01. The monoisotopic (exact) mass is 216 g/mol. The van der Waals surface area contributed by atoms with Crippen molar-refractivity contribution in [3.05, 3.63) is 35.8 Å². The molecule has 0 saturated carbocycles. The third kappa shape index (κ3) is 1.28. The van der Waals surface area contributed by atoms with Crippen LogP contribution in [0.2, 0.25) is 0 Å². The van der Waals surface area contributed by atoms with Gasteiger partial charge >= 0.3 is 0 Å². The summed E-state index contributed by atoms with van der Waals surface area (Å²) in [6.45, 7) is 0. The van der Waals surface area contributed by atoms with Crippen molar-refractivity contribution in [3.63, 3.8) is 0 Å². The first-order valence-corrected chi connectivity index (χ1v) is 5.37. The number of anilines is 1. The summed E-state index contributed by atoms with van der Waals surface area (Å²) in [5.74, 6) is 0.605. The van der Waals surface area contributed by atoms with Crippen LogP contribution in [-0.4, -0.2) is 14.6 Å². The van der Waals surface area contributed by atoms with E-state index in [-0.39, 0.29) is 0 Å². The molecular formula is C10H8N4S. The second-order valence-electron chi connectivity index (χ2n) is 3.14. The maximum absolute atomic E-state index is 5.87. The van der Waals surface area contributed by atoms with Crippen LogP contribution in [0.1, 0.15) is 0 Å². The highest BCUT2D eigenvalue weighted by Gasteiger charge is 2.05. The van der Waals surface area contributed by atoms with E-state index in [1.54, 1.807) is 22.0 Å². The Morgan fingerprint density at radius 1 is 1.33 bits per heavy atom. The van der Waals surface area contributed by atoms with Crippen LogP contribution in [0.4, 0.5) is 5.82 Å². The van der Waals surface area contributed by atoms with Crippen molar-refractivity contribution in [2.45, 2.75) is 0 Å². The second-order valence-corrected chi connectivity index (χ2v) is 4.09. The number of thiophene rings is 1. The first kappa shape index (κ1) is 8.43. The molecule has 15 heavy (non-hydrogen) atoms. The standard InChI is InChI=1S/C10H8N4S/c11-9-6-7(8-2-1-5-15-8)13-10-3-4-12-14(9)10/h1-6H,11H2. The topological polar surface area (TPSA) is 56.2 Å². The van der Waals surface area contributed by atoms with Gasteiger partial charge in [-0.15, -0.1) is 11.3 Å². The zero-order valence-corrected chi connectivity index (χ0v) is 8.61. The summed E-state index contributed by atoms with van der Waals surface area (Å²) in [6.07, 6.45) is 1.69. The molecule has 0 fully saturated rings. The van der Waals surface area contributed by atoms with E-state index in [0.29, 0.717) is 5.82 Å². The molecule has 3 aromatic rings. The van der Waals surface area contributed by atoms with Crippen molar-refractivity contribution in [3.8, 4) is 10.6 Å². The molecular weight excluding hydrogens is 208 g/mol. The summed E-state index contributed by atoms with van der Waals surface area (Å²) in [6, 6.07) is 7.71. The van der Waals surface area contributed by atoms with Crippen molar-refractivity contribution in [2.75, 3.05) is 5.73 Å². The number of hydrogen-bond donors (Lipinski definition) is 1. The Balaban J connectivity index is 2.29. The number of fused-ring (bicyclic) bond motifs is 1. The zero-order valence-electron chi connectivity index (χ0n) is 7.79. The van der Waals surface area contributed by atoms with E-state index < -0.39 is 0 Å².